The summed E-state index contributed by atoms with van der Waals surface area (Å²) < 4.78 is 0. The molecule has 0 aromatic carbocycles. The van der Waals surface area contributed by atoms with Crippen molar-refractivity contribution in [1.29, 1.82) is 0 Å². The Morgan fingerprint density at radius 1 is 1.52 bits per heavy atom. The molecular weight excluding hydrogens is 316 g/mol. The maximum atomic E-state index is 12.3. The average molecular weight is 336 g/mol. The summed E-state index contributed by atoms with van der Waals surface area (Å²) in [5, 5.41) is 15.6. The second-order valence-corrected chi connectivity index (χ2v) is 6.86. The van der Waals surface area contributed by atoms with Crippen molar-refractivity contribution in [3.05, 3.63) is 23.9 Å². The van der Waals surface area contributed by atoms with Gasteiger partial charge in [-0.15, -0.1) is 11.8 Å². The lowest BCUT2D eigenvalue weighted by Crippen LogP contribution is -2.42. The van der Waals surface area contributed by atoms with Gasteiger partial charge in [0.1, 0.15) is 5.56 Å². The SMILES string of the molecule is O=C(NCC1CNC(C(=O)N2CCSC2)C1)c1cccnc1O. The summed E-state index contributed by atoms with van der Waals surface area (Å²) in [5.41, 5.74) is 0.167. The molecule has 3 heterocycles. The van der Waals surface area contributed by atoms with E-state index in [4.69, 9.17) is 0 Å². The number of aromatic nitrogens is 1. The molecule has 1 aromatic rings. The van der Waals surface area contributed by atoms with Crippen LogP contribution in [0.2, 0.25) is 0 Å². The Morgan fingerprint density at radius 2 is 2.39 bits per heavy atom. The summed E-state index contributed by atoms with van der Waals surface area (Å²) in [7, 11) is 0. The van der Waals surface area contributed by atoms with Gasteiger partial charge in [-0.3, -0.25) is 9.59 Å². The first-order chi connectivity index (χ1) is 11.1. The van der Waals surface area contributed by atoms with E-state index in [1.54, 1.807) is 17.8 Å². The first kappa shape index (κ1) is 16.1. The number of carbonyl (C=O) groups excluding carboxylic acids is 2. The molecule has 0 aliphatic carbocycles. The predicted octanol–water partition coefficient (Wildman–Crippen LogP) is 0.0280. The van der Waals surface area contributed by atoms with Gasteiger partial charge in [0.25, 0.3) is 5.91 Å². The van der Waals surface area contributed by atoms with E-state index in [-0.39, 0.29) is 35.2 Å². The summed E-state index contributed by atoms with van der Waals surface area (Å²) in [6.45, 7) is 2.00. The van der Waals surface area contributed by atoms with E-state index in [0.29, 0.717) is 13.1 Å². The topological polar surface area (TPSA) is 94.6 Å². The first-order valence-corrected chi connectivity index (χ1v) is 8.82. The van der Waals surface area contributed by atoms with Gasteiger partial charge >= 0.3 is 0 Å². The zero-order valence-corrected chi connectivity index (χ0v) is 13.5. The Hall–Kier alpha value is -1.80. The molecule has 0 radical (unpaired) electrons. The third kappa shape index (κ3) is 3.76. The van der Waals surface area contributed by atoms with Crippen molar-refractivity contribution in [3.63, 3.8) is 0 Å². The fourth-order valence-electron chi connectivity index (χ4n) is 2.87. The number of nitrogens with zero attached hydrogens (tertiary/aromatic N) is 2. The van der Waals surface area contributed by atoms with Gasteiger partial charge in [0.2, 0.25) is 11.8 Å². The number of aromatic hydroxyl groups is 1. The Morgan fingerprint density at radius 3 is 3.13 bits per heavy atom. The maximum absolute atomic E-state index is 12.3. The minimum atomic E-state index is -0.346. The normalized spacial score (nSPS) is 23.9. The third-order valence-corrected chi connectivity index (χ3v) is 5.13. The summed E-state index contributed by atoms with van der Waals surface area (Å²) in [4.78, 5) is 29.9. The molecule has 2 fully saturated rings. The quantitative estimate of drug-likeness (QED) is 0.718. The largest absolute Gasteiger partial charge is 0.493 e. The summed E-state index contributed by atoms with van der Waals surface area (Å²) >= 11 is 1.77. The van der Waals surface area contributed by atoms with Crippen molar-refractivity contribution in [3.8, 4) is 5.88 Å². The third-order valence-electron chi connectivity index (χ3n) is 4.17. The van der Waals surface area contributed by atoms with Crippen LogP contribution >= 0.6 is 11.8 Å². The van der Waals surface area contributed by atoms with Crippen LogP contribution in [0.15, 0.2) is 18.3 Å². The number of nitrogens with one attached hydrogen (secondary N) is 2. The summed E-state index contributed by atoms with van der Waals surface area (Å²) in [6, 6.07) is 2.98. The van der Waals surface area contributed by atoms with Crippen LogP contribution in [0.5, 0.6) is 5.88 Å². The minimum absolute atomic E-state index is 0.151. The van der Waals surface area contributed by atoms with E-state index in [0.717, 1.165) is 24.6 Å². The van der Waals surface area contributed by atoms with E-state index < -0.39 is 0 Å². The molecule has 3 N–H and O–H groups in total. The lowest BCUT2D eigenvalue weighted by atomic mass is 10.0. The van der Waals surface area contributed by atoms with Crippen LogP contribution in [0.3, 0.4) is 0 Å². The number of carbonyl (C=O) groups is 2. The van der Waals surface area contributed by atoms with Crippen LogP contribution in [-0.2, 0) is 4.79 Å². The highest BCUT2D eigenvalue weighted by molar-refractivity contribution is 7.99. The Bertz CT molecular complexity index is 592. The zero-order chi connectivity index (χ0) is 16.2. The fourth-order valence-corrected chi connectivity index (χ4v) is 3.82. The maximum Gasteiger partial charge on any atom is 0.256 e. The number of amides is 2. The molecule has 2 unspecified atom stereocenters. The van der Waals surface area contributed by atoms with Gasteiger partial charge < -0.3 is 20.6 Å². The van der Waals surface area contributed by atoms with E-state index in [2.05, 4.69) is 15.6 Å². The van der Waals surface area contributed by atoms with Crippen LogP contribution in [0.4, 0.5) is 0 Å². The summed E-state index contributed by atoms with van der Waals surface area (Å²) in [5.74, 6) is 1.54. The predicted molar refractivity (Wildman–Crippen MR) is 87.2 cm³/mol. The lowest BCUT2D eigenvalue weighted by molar-refractivity contribution is -0.131. The molecular formula is C15H20N4O3S. The van der Waals surface area contributed by atoms with Crippen LogP contribution in [0.1, 0.15) is 16.8 Å². The Balaban J connectivity index is 1.47. The van der Waals surface area contributed by atoms with Crippen molar-refractivity contribution in [2.45, 2.75) is 12.5 Å². The van der Waals surface area contributed by atoms with Crippen molar-refractivity contribution >= 4 is 23.6 Å². The standard InChI is InChI=1S/C15H20N4O3S/c20-13-11(2-1-3-16-13)14(21)18-8-10-6-12(17-7-10)15(22)19-4-5-23-9-19/h1-3,10,12,17H,4-9H2,(H,16,20)(H,18,21). The molecule has 2 aliphatic rings. The van der Waals surface area contributed by atoms with Gasteiger partial charge in [-0.25, -0.2) is 4.98 Å². The molecule has 2 atom stereocenters. The van der Waals surface area contributed by atoms with Crippen molar-refractivity contribution in [2.24, 2.45) is 5.92 Å². The second-order valence-electron chi connectivity index (χ2n) is 5.79. The monoisotopic (exact) mass is 336 g/mol. The minimum Gasteiger partial charge on any atom is -0.493 e. The average Bonchev–Trinajstić information content (AvgIpc) is 3.24. The van der Waals surface area contributed by atoms with Crippen LogP contribution in [0, 0.1) is 5.92 Å². The van der Waals surface area contributed by atoms with E-state index in [1.165, 1.54) is 12.3 Å². The Kier molecular flexibility index (Phi) is 5.02. The molecule has 8 heteroatoms. The lowest BCUT2D eigenvalue weighted by Gasteiger charge is -2.19. The highest BCUT2D eigenvalue weighted by Gasteiger charge is 2.33. The van der Waals surface area contributed by atoms with E-state index in [9.17, 15) is 14.7 Å². The van der Waals surface area contributed by atoms with Gasteiger partial charge in [0.15, 0.2) is 0 Å². The molecule has 2 amide bonds. The number of pyridine rings is 1. The molecule has 2 saturated heterocycles. The van der Waals surface area contributed by atoms with Gasteiger partial charge in [-0.2, -0.15) is 0 Å². The van der Waals surface area contributed by atoms with Crippen molar-refractivity contribution in [1.82, 2.24) is 20.5 Å². The molecule has 124 valence electrons. The molecule has 0 saturated carbocycles. The van der Waals surface area contributed by atoms with Crippen LogP contribution in [0.25, 0.3) is 0 Å². The smallest absolute Gasteiger partial charge is 0.256 e. The Labute approximate surface area is 138 Å². The highest BCUT2D eigenvalue weighted by Crippen LogP contribution is 2.20. The zero-order valence-electron chi connectivity index (χ0n) is 12.7. The van der Waals surface area contributed by atoms with Gasteiger partial charge in [-0.05, 0) is 24.5 Å². The van der Waals surface area contributed by atoms with E-state index in [1.807, 2.05) is 4.90 Å². The number of hydrogen-bond donors (Lipinski definition) is 3. The molecule has 7 nitrogen and oxygen atoms in total. The van der Waals surface area contributed by atoms with E-state index >= 15 is 0 Å². The molecule has 23 heavy (non-hydrogen) atoms. The molecule has 0 bridgehead atoms. The molecule has 3 rings (SSSR count). The molecule has 1 aromatic heterocycles. The van der Waals surface area contributed by atoms with Crippen molar-refractivity contribution < 1.29 is 14.7 Å². The van der Waals surface area contributed by atoms with Crippen LogP contribution in [-0.4, -0.2) is 64.1 Å². The second kappa shape index (κ2) is 7.18. The molecule has 0 spiro atoms. The van der Waals surface area contributed by atoms with Crippen molar-refractivity contribution in [2.75, 3.05) is 31.3 Å². The number of hydrogen-bond acceptors (Lipinski definition) is 6. The first-order valence-electron chi connectivity index (χ1n) is 7.67. The van der Waals surface area contributed by atoms with Gasteiger partial charge in [0.05, 0.1) is 11.9 Å². The molecule has 2 aliphatic heterocycles. The van der Waals surface area contributed by atoms with Gasteiger partial charge in [0, 0.05) is 31.6 Å². The summed E-state index contributed by atoms with van der Waals surface area (Å²) in [6.07, 6.45) is 2.15. The fraction of sp³-hybridized carbons (Fsp3) is 0.533. The van der Waals surface area contributed by atoms with Crippen LogP contribution < -0.4 is 10.6 Å². The van der Waals surface area contributed by atoms with Gasteiger partial charge in [-0.1, -0.05) is 0 Å². The highest BCUT2D eigenvalue weighted by atomic mass is 32.2. The number of thioether (sulfide) groups is 1. The number of rotatable bonds is 4.